The first-order chi connectivity index (χ1) is 10.3. The quantitative estimate of drug-likeness (QED) is 0.882. The number of ether oxygens (including phenoxy) is 1. The number of rotatable bonds is 2. The summed E-state index contributed by atoms with van der Waals surface area (Å²) in [4.78, 5) is 23.3. The minimum atomic E-state index is 0.0129. The van der Waals surface area contributed by atoms with Crippen LogP contribution in [-0.4, -0.2) is 53.6 Å². The molecule has 1 atom stereocenters. The summed E-state index contributed by atoms with van der Waals surface area (Å²) in [7, 11) is 0. The van der Waals surface area contributed by atoms with Crippen LogP contribution in [0.4, 0.5) is 0 Å². The van der Waals surface area contributed by atoms with E-state index >= 15 is 0 Å². The Bertz CT molecular complexity index is 508. The van der Waals surface area contributed by atoms with E-state index in [2.05, 4.69) is 15.3 Å². The molecule has 1 unspecified atom stereocenters. The summed E-state index contributed by atoms with van der Waals surface area (Å²) in [6, 6.07) is 0.227. The number of morpholine rings is 1. The first-order valence-corrected chi connectivity index (χ1v) is 7.69. The second-order valence-corrected chi connectivity index (χ2v) is 5.63. The SMILES string of the molecule is Cc1nc(C2CCCCN2)ncc1C(=O)N1CCOCC1. The minimum absolute atomic E-state index is 0.0129. The highest BCUT2D eigenvalue weighted by molar-refractivity contribution is 5.95. The van der Waals surface area contributed by atoms with Crippen molar-refractivity contribution < 1.29 is 9.53 Å². The molecule has 0 spiro atoms. The Morgan fingerprint density at radius 1 is 1.38 bits per heavy atom. The fourth-order valence-corrected chi connectivity index (χ4v) is 2.87. The van der Waals surface area contributed by atoms with E-state index in [0.29, 0.717) is 31.9 Å². The van der Waals surface area contributed by atoms with Gasteiger partial charge in [-0.1, -0.05) is 6.42 Å². The summed E-state index contributed by atoms with van der Waals surface area (Å²) in [5.74, 6) is 0.824. The van der Waals surface area contributed by atoms with Crippen LogP contribution < -0.4 is 5.32 Å². The molecule has 1 N–H and O–H groups in total. The summed E-state index contributed by atoms with van der Waals surface area (Å²) in [5, 5.41) is 3.44. The number of aromatic nitrogens is 2. The van der Waals surface area contributed by atoms with Gasteiger partial charge in [0.1, 0.15) is 5.82 Å². The third-order valence-corrected chi connectivity index (χ3v) is 4.15. The minimum Gasteiger partial charge on any atom is -0.378 e. The standard InChI is InChI=1S/C15H22N4O2/c1-11-12(15(20)19-6-8-21-9-7-19)10-17-14(18-11)13-4-2-3-5-16-13/h10,13,16H,2-9H2,1H3. The fourth-order valence-electron chi connectivity index (χ4n) is 2.87. The van der Waals surface area contributed by atoms with Crippen molar-refractivity contribution in [2.45, 2.75) is 32.2 Å². The van der Waals surface area contributed by atoms with Gasteiger partial charge in [-0.05, 0) is 26.3 Å². The molecule has 0 saturated carbocycles. The lowest BCUT2D eigenvalue weighted by Gasteiger charge is -2.27. The summed E-state index contributed by atoms with van der Waals surface area (Å²) >= 11 is 0. The summed E-state index contributed by atoms with van der Waals surface area (Å²) < 4.78 is 5.28. The van der Waals surface area contributed by atoms with Crippen LogP contribution >= 0.6 is 0 Å². The van der Waals surface area contributed by atoms with E-state index in [4.69, 9.17) is 4.74 Å². The van der Waals surface area contributed by atoms with E-state index in [1.54, 1.807) is 6.20 Å². The molecule has 0 radical (unpaired) electrons. The van der Waals surface area contributed by atoms with Crippen molar-refractivity contribution in [2.75, 3.05) is 32.8 Å². The molecule has 0 aromatic carbocycles. The summed E-state index contributed by atoms with van der Waals surface area (Å²) in [6.07, 6.45) is 5.17. The lowest BCUT2D eigenvalue weighted by atomic mass is 10.0. The van der Waals surface area contributed by atoms with Crippen LogP contribution in [0.5, 0.6) is 0 Å². The van der Waals surface area contributed by atoms with Crippen LogP contribution in [0.25, 0.3) is 0 Å². The molecule has 2 aliphatic heterocycles. The van der Waals surface area contributed by atoms with Crippen molar-refractivity contribution >= 4 is 5.91 Å². The highest BCUT2D eigenvalue weighted by Crippen LogP contribution is 2.21. The largest absolute Gasteiger partial charge is 0.378 e. The van der Waals surface area contributed by atoms with Crippen molar-refractivity contribution in [1.29, 1.82) is 0 Å². The van der Waals surface area contributed by atoms with Crippen LogP contribution in [0.15, 0.2) is 6.20 Å². The van der Waals surface area contributed by atoms with Gasteiger partial charge in [0, 0.05) is 19.3 Å². The number of hydrogen-bond donors (Lipinski definition) is 1. The van der Waals surface area contributed by atoms with Gasteiger partial charge < -0.3 is 15.0 Å². The van der Waals surface area contributed by atoms with Crippen molar-refractivity contribution in [3.8, 4) is 0 Å². The number of nitrogens with one attached hydrogen (secondary N) is 1. The van der Waals surface area contributed by atoms with Gasteiger partial charge in [-0.15, -0.1) is 0 Å². The lowest BCUT2D eigenvalue weighted by molar-refractivity contribution is 0.0301. The van der Waals surface area contributed by atoms with Crippen LogP contribution in [0.1, 0.15) is 47.2 Å². The van der Waals surface area contributed by atoms with E-state index in [-0.39, 0.29) is 11.9 Å². The number of hydrogen-bond acceptors (Lipinski definition) is 5. The highest BCUT2D eigenvalue weighted by atomic mass is 16.5. The lowest BCUT2D eigenvalue weighted by Crippen LogP contribution is -2.41. The van der Waals surface area contributed by atoms with E-state index in [0.717, 1.165) is 24.5 Å². The topological polar surface area (TPSA) is 67.4 Å². The molecule has 1 aromatic heterocycles. The van der Waals surface area contributed by atoms with Crippen LogP contribution in [0, 0.1) is 6.92 Å². The molecule has 114 valence electrons. The van der Waals surface area contributed by atoms with Gasteiger partial charge in [-0.2, -0.15) is 0 Å². The molecule has 21 heavy (non-hydrogen) atoms. The second-order valence-electron chi connectivity index (χ2n) is 5.63. The predicted molar refractivity (Wildman–Crippen MR) is 78.1 cm³/mol. The van der Waals surface area contributed by atoms with Crippen LogP contribution in [0.3, 0.4) is 0 Å². The predicted octanol–water partition coefficient (Wildman–Crippen LogP) is 1.07. The van der Waals surface area contributed by atoms with Gasteiger partial charge in [0.15, 0.2) is 0 Å². The third kappa shape index (κ3) is 3.22. The number of nitrogens with zero attached hydrogens (tertiary/aromatic N) is 3. The molecule has 2 saturated heterocycles. The molecule has 2 aliphatic rings. The van der Waals surface area contributed by atoms with Gasteiger partial charge >= 0.3 is 0 Å². The average molecular weight is 290 g/mol. The van der Waals surface area contributed by atoms with Gasteiger partial charge in [0.05, 0.1) is 30.5 Å². The summed E-state index contributed by atoms with van der Waals surface area (Å²) in [5.41, 5.74) is 1.38. The third-order valence-electron chi connectivity index (χ3n) is 4.15. The highest BCUT2D eigenvalue weighted by Gasteiger charge is 2.23. The first-order valence-electron chi connectivity index (χ1n) is 7.69. The van der Waals surface area contributed by atoms with E-state index in [9.17, 15) is 4.79 Å². The molecular formula is C15H22N4O2. The maximum Gasteiger partial charge on any atom is 0.257 e. The number of piperidine rings is 1. The zero-order valence-corrected chi connectivity index (χ0v) is 12.5. The normalized spacial score (nSPS) is 23.1. The Labute approximate surface area is 124 Å². The van der Waals surface area contributed by atoms with Crippen molar-refractivity contribution in [3.05, 3.63) is 23.3 Å². The smallest absolute Gasteiger partial charge is 0.257 e. The van der Waals surface area contributed by atoms with Crippen LogP contribution in [-0.2, 0) is 4.74 Å². The van der Waals surface area contributed by atoms with E-state index in [1.165, 1.54) is 12.8 Å². The van der Waals surface area contributed by atoms with Crippen LogP contribution in [0.2, 0.25) is 0 Å². The molecule has 3 heterocycles. The Morgan fingerprint density at radius 2 is 2.19 bits per heavy atom. The van der Waals surface area contributed by atoms with E-state index < -0.39 is 0 Å². The second kappa shape index (κ2) is 6.49. The molecule has 0 bridgehead atoms. The van der Waals surface area contributed by atoms with Gasteiger partial charge in [0.25, 0.3) is 5.91 Å². The Hall–Kier alpha value is -1.53. The first kappa shape index (κ1) is 14.4. The molecule has 6 nitrogen and oxygen atoms in total. The molecule has 0 aliphatic carbocycles. The Kier molecular flexibility index (Phi) is 4.45. The fraction of sp³-hybridized carbons (Fsp3) is 0.667. The van der Waals surface area contributed by atoms with Gasteiger partial charge in [-0.3, -0.25) is 4.79 Å². The van der Waals surface area contributed by atoms with Crippen molar-refractivity contribution in [1.82, 2.24) is 20.2 Å². The molecule has 6 heteroatoms. The van der Waals surface area contributed by atoms with Gasteiger partial charge in [0.2, 0.25) is 0 Å². The number of aryl methyl sites for hydroxylation is 1. The molecule has 1 aromatic rings. The number of carbonyl (C=O) groups excluding carboxylic acids is 1. The molecule has 1 amide bonds. The average Bonchev–Trinajstić information content (AvgIpc) is 2.56. The number of carbonyl (C=O) groups is 1. The van der Waals surface area contributed by atoms with Gasteiger partial charge in [-0.25, -0.2) is 9.97 Å². The number of amides is 1. The zero-order valence-electron chi connectivity index (χ0n) is 12.5. The molecular weight excluding hydrogens is 268 g/mol. The Balaban J connectivity index is 1.75. The molecule has 3 rings (SSSR count). The van der Waals surface area contributed by atoms with Crippen molar-refractivity contribution in [2.24, 2.45) is 0 Å². The maximum atomic E-state index is 12.5. The zero-order chi connectivity index (χ0) is 14.7. The molecule has 2 fully saturated rings. The Morgan fingerprint density at radius 3 is 2.86 bits per heavy atom. The maximum absolute atomic E-state index is 12.5. The monoisotopic (exact) mass is 290 g/mol. The summed E-state index contributed by atoms with van der Waals surface area (Å²) in [6.45, 7) is 5.41. The van der Waals surface area contributed by atoms with Crippen molar-refractivity contribution in [3.63, 3.8) is 0 Å². The van der Waals surface area contributed by atoms with E-state index in [1.807, 2.05) is 11.8 Å².